The summed E-state index contributed by atoms with van der Waals surface area (Å²) >= 11 is 0. The highest BCUT2D eigenvalue weighted by Gasteiger charge is 2.70. The largest absolute Gasteiger partial charge is 0.297 e. The van der Waals surface area contributed by atoms with Crippen LogP contribution >= 0.6 is 0 Å². The molecule has 0 unspecified atom stereocenters. The van der Waals surface area contributed by atoms with Crippen molar-refractivity contribution in [2.45, 2.75) is 72.3 Å². The molecule has 2 aliphatic carbocycles. The number of likely N-dealkylation sites (N-methyl/N-ethyl adjacent to an activating group) is 1. The Morgan fingerprint density at radius 1 is 1.21 bits per heavy atom. The van der Waals surface area contributed by atoms with Crippen molar-refractivity contribution in [1.29, 1.82) is 0 Å². The molecule has 0 aromatic carbocycles. The summed E-state index contributed by atoms with van der Waals surface area (Å²) < 4.78 is 0. The summed E-state index contributed by atoms with van der Waals surface area (Å²) in [4.78, 5) is 15.2. The maximum absolute atomic E-state index is 12.7. The minimum absolute atomic E-state index is 0.193. The maximum Gasteiger partial charge on any atom is 0.155 e. The second kappa shape index (κ2) is 4.07. The van der Waals surface area contributed by atoms with E-state index in [0.717, 1.165) is 13.0 Å². The van der Waals surface area contributed by atoms with Crippen LogP contribution in [-0.2, 0) is 4.79 Å². The molecule has 2 heteroatoms. The van der Waals surface area contributed by atoms with Crippen molar-refractivity contribution in [3.8, 4) is 0 Å². The molecule has 19 heavy (non-hydrogen) atoms. The van der Waals surface area contributed by atoms with Crippen LogP contribution in [-0.4, -0.2) is 29.8 Å². The molecule has 0 aromatic rings. The van der Waals surface area contributed by atoms with Crippen LogP contribution in [0, 0.1) is 16.2 Å². The molecule has 3 fully saturated rings. The van der Waals surface area contributed by atoms with Crippen LogP contribution in [0.2, 0.25) is 0 Å². The molecule has 2 spiro atoms. The summed E-state index contributed by atoms with van der Waals surface area (Å²) in [5, 5.41) is 0. The van der Waals surface area contributed by atoms with Gasteiger partial charge in [-0.25, -0.2) is 0 Å². The molecule has 0 N–H and O–H groups in total. The van der Waals surface area contributed by atoms with Crippen LogP contribution in [0.3, 0.4) is 0 Å². The molecule has 1 aliphatic heterocycles. The molecule has 1 heterocycles. The van der Waals surface area contributed by atoms with Crippen molar-refractivity contribution in [1.82, 2.24) is 4.90 Å². The minimum Gasteiger partial charge on any atom is -0.297 e. The van der Waals surface area contributed by atoms with Crippen LogP contribution in [0.15, 0.2) is 0 Å². The monoisotopic (exact) mass is 263 g/mol. The number of carbonyl (C=O) groups is 1. The fourth-order valence-electron chi connectivity index (χ4n) is 5.03. The summed E-state index contributed by atoms with van der Waals surface area (Å²) in [5.41, 5.74) is 0.972. The lowest BCUT2D eigenvalue weighted by atomic mass is 9.82. The summed E-state index contributed by atoms with van der Waals surface area (Å²) in [6.45, 7) is 10.7. The van der Waals surface area contributed by atoms with E-state index < -0.39 is 0 Å². The molecular weight excluding hydrogens is 234 g/mol. The summed E-state index contributed by atoms with van der Waals surface area (Å²) in [7, 11) is 0. The highest BCUT2D eigenvalue weighted by Crippen LogP contribution is 2.75. The predicted molar refractivity (Wildman–Crippen MR) is 78.1 cm³/mol. The standard InChI is InChI=1S/C17H29NO/c1-5-18-12-17(11-16(17)8-6-7-9-16)10-13(18)14(19)15(2,3)4/h13H,5-12H2,1-4H3/t13-,17-/m0/s1. The molecule has 0 bridgehead atoms. The van der Waals surface area contributed by atoms with Crippen molar-refractivity contribution in [3.63, 3.8) is 0 Å². The molecule has 3 rings (SSSR count). The fourth-order valence-corrected chi connectivity index (χ4v) is 5.03. The van der Waals surface area contributed by atoms with E-state index in [4.69, 9.17) is 0 Å². The van der Waals surface area contributed by atoms with Gasteiger partial charge in [0.05, 0.1) is 6.04 Å². The first-order valence-corrected chi connectivity index (χ1v) is 8.12. The first-order chi connectivity index (χ1) is 8.84. The van der Waals surface area contributed by atoms with E-state index in [2.05, 4.69) is 32.6 Å². The number of hydrogen-bond donors (Lipinski definition) is 0. The average molecular weight is 263 g/mol. The van der Waals surface area contributed by atoms with E-state index in [1.54, 1.807) is 0 Å². The first-order valence-electron chi connectivity index (χ1n) is 8.12. The lowest BCUT2D eigenvalue weighted by molar-refractivity contribution is -0.130. The zero-order valence-corrected chi connectivity index (χ0v) is 13.1. The number of Topliss-reactive ketones (excluding diaryl/α,β-unsaturated/α-hetero) is 1. The zero-order valence-electron chi connectivity index (χ0n) is 13.1. The van der Waals surface area contributed by atoms with E-state index in [1.807, 2.05) is 0 Å². The van der Waals surface area contributed by atoms with Crippen LogP contribution in [0.1, 0.15) is 66.2 Å². The molecule has 0 radical (unpaired) electrons. The lowest BCUT2D eigenvalue weighted by Crippen LogP contribution is -2.41. The number of likely N-dealkylation sites (tertiary alicyclic amines) is 1. The van der Waals surface area contributed by atoms with Gasteiger partial charge in [0.15, 0.2) is 5.78 Å². The number of ketones is 1. The Morgan fingerprint density at radius 3 is 2.37 bits per heavy atom. The van der Waals surface area contributed by atoms with Crippen molar-refractivity contribution < 1.29 is 4.79 Å². The van der Waals surface area contributed by atoms with Gasteiger partial charge < -0.3 is 0 Å². The van der Waals surface area contributed by atoms with Gasteiger partial charge in [-0.1, -0.05) is 40.5 Å². The lowest BCUT2D eigenvalue weighted by Gasteiger charge is -2.27. The van der Waals surface area contributed by atoms with Crippen molar-refractivity contribution >= 4 is 5.78 Å². The Hall–Kier alpha value is -0.370. The van der Waals surface area contributed by atoms with Gasteiger partial charge in [0.2, 0.25) is 0 Å². The van der Waals surface area contributed by atoms with Gasteiger partial charge in [0, 0.05) is 12.0 Å². The molecule has 2 saturated carbocycles. The maximum atomic E-state index is 12.7. The van der Waals surface area contributed by atoms with E-state index in [1.165, 1.54) is 38.6 Å². The zero-order chi connectivity index (χ0) is 13.9. The topological polar surface area (TPSA) is 20.3 Å². The van der Waals surface area contributed by atoms with Crippen LogP contribution in [0.25, 0.3) is 0 Å². The summed E-state index contributed by atoms with van der Waals surface area (Å²) in [6, 6.07) is 0.199. The smallest absolute Gasteiger partial charge is 0.155 e. The molecular formula is C17H29NO. The number of rotatable bonds is 2. The second-order valence-electron chi connectivity index (χ2n) is 8.34. The third kappa shape index (κ3) is 1.90. The highest BCUT2D eigenvalue weighted by molar-refractivity contribution is 5.89. The Kier molecular flexibility index (Phi) is 2.91. The van der Waals surface area contributed by atoms with Gasteiger partial charge in [0.1, 0.15) is 0 Å². The quantitative estimate of drug-likeness (QED) is 0.758. The van der Waals surface area contributed by atoms with Crippen molar-refractivity contribution in [2.24, 2.45) is 16.2 Å². The number of hydrogen-bond acceptors (Lipinski definition) is 2. The van der Waals surface area contributed by atoms with E-state index in [-0.39, 0.29) is 11.5 Å². The predicted octanol–water partition coefficient (Wildman–Crippen LogP) is 3.65. The summed E-state index contributed by atoms with van der Waals surface area (Å²) in [6.07, 6.45) is 8.26. The van der Waals surface area contributed by atoms with Gasteiger partial charge in [0.25, 0.3) is 0 Å². The third-order valence-corrected chi connectivity index (χ3v) is 6.22. The van der Waals surface area contributed by atoms with Crippen molar-refractivity contribution in [3.05, 3.63) is 0 Å². The molecule has 2 atom stereocenters. The number of fused-ring (bicyclic) bond motifs is 1. The minimum atomic E-state index is -0.193. The van der Waals surface area contributed by atoms with Gasteiger partial charge in [-0.15, -0.1) is 0 Å². The van der Waals surface area contributed by atoms with E-state index in [9.17, 15) is 4.79 Å². The normalized spacial score (nSPS) is 37.4. The van der Waals surface area contributed by atoms with Gasteiger partial charge in [-0.05, 0) is 43.1 Å². The summed E-state index contributed by atoms with van der Waals surface area (Å²) in [5.74, 6) is 0.464. The molecule has 1 saturated heterocycles. The van der Waals surface area contributed by atoms with E-state index >= 15 is 0 Å². The third-order valence-electron chi connectivity index (χ3n) is 6.22. The molecule has 3 aliphatic rings. The number of nitrogens with zero attached hydrogens (tertiary/aromatic N) is 1. The van der Waals surface area contributed by atoms with Crippen molar-refractivity contribution in [2.75, 3.05) is 13.1 Å². The van der Waals surface area contributed by atoms with Crippen LogP contribution < -0.4 is 0 Å². The Bertz CT molecular complexity index is 389. The van der Waals surface area contributed by atoms with Gasteiger partial charge in [-0.3, -0.25) is 9.69 Å². The van der Waals surface area contributed by atoms with Crippen LogP contribution in [0.5, 0.6) is 0 Å². The van der Waals surface area contributed by atoms with Crippen LogP contribution in [0.4, 0.5) is 0 Å². The van der Waals surface area contributed by atoms with Gasteiger partial charge in [-0.2, -0.15) is 0 Å². The highest BCUT2D eigenvalue weighted by atomic mass is 16.1. The molecule has 2 nitrogen and oxygen atoms in total. The second-order valence-corrected chi connectivity index (χ2v) is 8.34. The Morgan fingerprint density at radius 2 is 1.84 bits per heavy atom. The molecule has 0 aromatic heterocycles. The number of carbonyl (C=O) groups excluding carboxylic acids is 1. The molecule has 108 valence electrons. The molecule has 0 amide bonds. The SMILES string of the molecule is CCN1C[C@]2(C[C@H]1C(=O)C(C)(C)C)CC21CCCC1. The average Bonchev–Trinajstić information content (AvgIpc) is 2.72. The Labute approximate surface area is 117 Å². The first kappa shape index (κ1) is 13.6. The fraction of sp³-hybridized carbons (Fsp3) is 0.941. The Balaban J connectivity index is 1.79. The van der Waals surface area contributed by atoms with Gasteiger partial charge >= 0.3 is 0 Å². The van der Waals surface area contributed by atoms with E-state index in [0.29, 0.717) is 16.6 Å².